The first kappa shape index (κ1) is 10.5. The third-order valence-electron chi connectivity index (χ3n) is 2.07. The SMILES string of the molecule is Sc1cccc(Nc2ccccc2)c1S. The summed E-state index contributed by atoms with van der Waals surface area (Å²) in [6, 6.07) is 15.8. The minimum atomic E-state index is 0.865. The predicted octanol–water partition coefficient (Wildman–Crippen LogP) is 4.01. The van der Waals surface area contributed by atoms with E-state index in [1.807, 2.05) is 48.5 Å². The molecular weight excluding hydrogens is 222 g/mol. The normalized spacial score (nSPS) is 10.0. The van der Waals surface area contributed by atoms with E-state index >= 15 is 0 Å². The van der Waals surface area contributed by atoms with Crippen molar-refractivity contribution < 1.29 is 0 Å². The lowest BCUT2D eigenvalue weighted by Gasteiger charge is -2.09. The van der Waals surface area contributed by atoms with Crippen LogP contribution in [0, 0.1) is 0 Å². The largest absolute Gasteiger partial charge is 0.355 e. The monoisotopic (exact) mass is 233 g/mol. The van der Waals surface area contributed by atoms with Gasteiger partial charge in [-0.05, 0) is 24.3 Å². The lowest BCUT2D eigenvalue weighted by Crippen LogP contribution is -1.91. The molecule has 0 aliphatic heterocycles. The summed E-state index contributed by atoms with van der Waals surface area (Å²) in [5, 5.41) is 3.29. The lowest BCUT2D eigenvalue weighted by molar-refractivity contribution is 1.26. The third kappa shape index (κ3) is 2.49. The van der Waals surface area contributed by atoms with Crippen LogP contribution in [-0.2, 0) is 0 Å². The summed E-state index contributed by atoms with van der Waals surface area (Å²) in [7, 11) is 0. The van der Waals surface area contributed by atoms with Crippen LogP contribution in [0.1, 0.15) is 0 Å². The summed E-state index contributed by atoms with van der Waals surface area (Å²) < 4.78 is 0. The highest BCUT2D eigenvalue weighted by Gasteiger charge is 2.01. The van der Waals surface area contributed by atoms with Gasteiger partial charge in [0.2, 0.25) is 0 Å². The zero-order chi connectivity index (χ0) is 10.7. The molecular formula is C12H11NS2. The summed E-state index contributed by atoms with van der Waals surface area (Å²) in [6.45, 7) is 0. The Morgan fingerprint density at radius 2 is 1.53 bits per heavy atom. The van der Waals surface area contributed by atoms with Crippen LogP contribution in [0.4, 0.5) is 11.4 Å². The first-order valence-electron chi connectivity index (χ1n) is 4.60. The van der Waals surface area contributed by atoms with Gasteiger partial charge in [-0.1, -0.05) is 24.3 Å². The highest BCUT2D eigenvalue weighted by molar-refractivity contribution is 7.83. The Kier molecular flexibility index (Phi) is 3.23. The predicted molar refractivity (Wildman–Crippen MR) is 70.7 cm³/mol. The number of thiol groups is 2. The molecule has 2 aromatic rings. The second-order valence-electron chi connectivity index (χ2n) is 3.16. The molecule has 1 nitrogen and oxygen atoms in total. The van der Waals surface area contributed by atoms with E-state index in [4.69, 9.17) is 0 Å². The zero-order valence-electron chi connectivity index (χ0n) is 8.01. The minimum Gasteiger partial charge on any atom is -0.355 e. The molecule has 0 spiro atoms. The van der Waals surface area contributed by atoms with Gasteiger partial charge in [0.25, 0.3) is 0 Å². The molecule has 0 atom stereocenters. The van der Waals surface area contributed by atoms with Crippen LogP contribution >= 0.6 is 25.3 Å². The Bertz CT molecular complexity index is 454. The molecule has 1 N–H and O–H groups in total. The number of hydrogen-bond donors (Lipinski definition) is 3. The van der Waals surface area contributed by atoms with Crippen LogP contribution in [0.2, 0.25) is 0 Å². The molecule has 0 aliphatic rings. The lowest BCUT2D eigenvalue weighted by atomic mass is 10.2. The molecule has 0 aromatic heterocycles. The maximum absolute atomic E-state index is 4.40. The van der Waals surface area contributed by atoms with Crippen molar-refractivity contribution in [2.45, 2.75) is 9.79 Å². The van der Waals surface area contributed by atoms with Gasteiger partial charge in [0, 0.05) is 15.5 Å². The second kappa shape index (κ2) is 4.64. The van der Waals surface area contributed by atoms with Crippen molar-refractivity contribution in [3.8, 4) is 0 Å². The average molecular weight is 233 g/mol. The molecule has 2 rings (SSSR count). The average Bonchev–Trinajstić information content (AvgIpc) is 2.26. The number of anilines is 2. The van der Waals surface area contributed by atoms with Gasteiger partial charge in [0.1, 0.15) is 0 Å². The molecule has 2 aromatic carbocycles. The van der Waals surface area contributed by atoms with E-state index in [0.717, 1.165) is 21.2 Å². The third-order valence-corrected chi connectivity index (χ3v) is 3.10. The first-order chi connectivity index (χ1) is 7.27. The molecule has 0 saturated heterocycles. The van der Waals surface area contributed by atoms with Gasteiger partial charge in [-0.3, -0.25) is 0 Å². The highest BCUT2D eigenvalue weighted by atomic mass is 32.1. The first-order valence-corrected chi connectivity index (χ1v) is 5.50. The van der Waals surface area contributed by atoms with Crippen molar-refractivity contribution in [2.75, 3.05) is 5.32 Å². The van der Waals surface area contributed by atoms with Crippen molar-refractivity contribution in [3.63, 3.8) is 0 Å². The van der Waals surface area contributed by atoms with E-state index in [1.54, 1.807) is 0 Å². The molecule has 0 fully saturated rings. The van der Waals surface area contributed by atoms with Crippen molar-refractivity contribution in [1.29, 1.82) is 0 Å². The van der Waals surface area contributed by atoms with Crippen LogP contribution in [0.5, 0.6) is 0 Å². The molecule has 3 heteroatoms. The summed E-state index contributed by atoms with van der Waals surface area (Å²) in [4.78, 5) is 1.74. The zero-order valence-corrected chi connectivity index (χ0v) is 9.80. The standard InChI is InChI=1S/C12H11NS2/c14-11-8-4-7-10(12(11)15)13-9-5-2-1-3-6-9/h1-8,13-15H. The number of hydrogen-bond acceptors (Lipinski definition) is 3. The number of para-hydroxylation sites is 1. The van der Waals surface area contributed by atoms with Crippen molar-refractivity contribution in [2.24, 2.45) is 0 Å². The molecule has 0 amide bonds. The van der Waals surface area contributed by atoms with Gasteiger partial charge < -0.3 is 5.32 Å². The van der Waals surface area contributed by atoms with Gasteiger partial charge in [-0.25, -0.2) is 0 Å². The molecule has 0 bridgehead atoms. The van der Waals surface area contributed by atoms with E-state index in [-0.39, 0.29) is 0 Å². The van der Waals surface area contributed by atoms with Crippen molar-refractivity contribution in [3.05, 3.63) is 48.5 Å². The fraction of sp³-hybridized carbons (Fsp3) is 0. The molecule has 15 heavy (non-hydrogen) atoms. The summed E-state index contributed by atoms with van der Waals surface area (Å²) in [5.41, 5.74) is 2.02. The summed E-state index contributed by atoms with van der Waals surface area (Å²) in [5.74, 6) is 0. The van der Waals surface area contributed by atoms with Crippen LogP contribution in [-0.4, -0.2) is 0 Å². The number of nitrogens with one attached hydrogen (secondary N) is 1. The van der Waals surface area contributed by atoms with Gasteiger partial charge in [0.05, 0.1) is 5.69 Å². The van der Waals surface area contributed by atoms with Gasteiger partial charge >= 0.3 is 0 Å². The maximum atomic E-state index is 4.40. The Balaban J connectivity index is 2.29. The molecule has 0 heterocycles. The van der Waals surface area contributed by atoms with E-state index < -0.39 is 0 Å². The smallest absolute Gasteiger partial charge is 0.0531 e. The van der Waals surface area contributed by atoms with Crippen LogP contribution in [0.3, 0.4) is 0 Å². The fourth-order valence-corrected chi connectivity index (χ4v) is 1.72. The molecule has 0 saturated carbocycles. The Labute approximate surface area is 100 Å². The van der Waals surface area contributed by atoms with Gasteiger partial charge in [-0.2, -0.15) is 0 Å². The fourth-order valence-electron chi connectivity index (χ4n) is 1.31. The Morgan fingerprint density at radius 3 is 2.27 bits per heavy atom. The van der Waals surface area contributed by atoms with E-state index in [9.17, 15) is 0 Å². The molecule has 76 valence electrons. The topological polar surface area (TPSA) is 12.0 Å². The number of rotatable bonds is 2. The minimum absolute atomic E-state index is 0.865. The summed E-state index contributed by atoms with van der Waals surface area (Å²) >= 11 is 8.72. The number of benzene rings is 2. The maximum Gasteiger partial charge on any atom is 0.0531 e. The molecule has 0 radical (unpaired) electrons. The van der Waals surface area contributed by atoms with Crippen LogP contribution in [0.25, 0.3) is 0 Å². The summed E-state index contributed by atoms with van der Waals surface area (Å²) in [6.07, 6.45) is 0. The van der Waals surface area contributed by atoms with Crippen molar-refractivity contribution >= 4 is 36.6 Å². The van der Waals surface area contributed by atoms with Gasteiger partial charge in [-0.15, -0.1) is 25.3 Å². The molecule has 0 aliphatic carbocycles. The van der Waals surface area contributed by atoms with Crippen LogP contribution < -0.4 is 5.32 Å². The quantitative estimate of drug-likeness (QED) is 0.666. The van der Waals surface area contributed by atoms with Crippen molar-refractivity contribution in [1.82, 2.24) is 0 Å². The van der Waals surface area contributed by atoms with E-state index in [0.29, 0.717) is 0 Å². The Morgan fingerprint density at radius 1 is 0.800 bits per heavy atom. The second-order valence-corrected chi connectivity index (χ2v) is 4.09. The van der Waals surface area contributed by atoms with Crippen LogP contribution in [0.15, 0.2) is 58.3 Å². The molecule has 0 unspecified atom stereocenters. The van der Waals surface area contributed by atoms with Gasteiger partial charge in [0.15, 0.2) is 0 Å². The Hall–Kier alpha value is -1.06. The van der Waals surface area contributed by atoms with E-state index in [1.165, 1.54) is 0 Å². The highest BCUT2D eigenvalue weighted by Crippen LogP contribution is 2.28. The van der Waals surface area contributed by atoms with E-state index in [2.05, 4.69) is 30.6 Å².